The number of carbonyl (C=O) groups is 1. The first-order chi connectivity index (χ1) is 15.1. The minimum atomic E-state index is -0.446. The van der Waals surface area contributed by atoms with E-state index in [0.29, 0.717) is 31.1 Å². The van der Waals surface area contributed by atoms with Gasteiger partial charge in [0.25, 0.3) is 0 Å². The van der Waals surface area contributed by atoms with Gasteiger partial charge in [-0.2, -0.15) is 0 Å². The van der Waals surface area contributed by atoms with Crippen molar-refractivity contribution in [2.24, 2.45) is 0 Å². The quantitative estimate of drug-likeness (QED) is 0.446. The fourth-order valence-corrected chi connectivity index (χ4v) is 3.80. The summed E-state index contributed by atoms with van der Waals surface area (Å²) < 4.78 is 5.51. The maximum atomic E-state index is 12.2. The number of pyridine rings is 1. The molecule has 1 heterocycles. The molecule has 0 saturated heterocycles. The van der Waals surface area contributed by atoms with Gasteiger partial charge >= 0.3 is 6.09 Å². The maximum absolute atomic E-state index is 12.2. The highest BCUT2D eigenvalue weighted by Gasteiger charge is 2.28. The molecule has 0 unspecified atom stereocenters. The summed E-state index contributed by atoms with van der Waals surface area (Å²) in [5, 5.41) is 2.75. The Labute approximate surface area is 181 Å². The van der Waals surface area contributed by atoms with Gasteiger partial charge in [0.2, 0.25) is 0 Å². The van der Waals surface area contributed by atoms with Crippen LogP contribution in [0.3, 0.4) is 0 Å². The van der Waals surface area contributed by atoms with E-state index in [2.05, 4.69) is 46.4 Å². The number of nitrogens with one attached hydrogen (secondary N) is 1. The van der Waals surface area contributed by atoms with Gasteiger partial charge in [0.1, 0.15) is 12.4 Å². The summed E-state index contributed by atoms with van der Waals surface area (Å²) in [4.78, 5) is 16.2. The Balaban J connectivity index is 1.30. The predicted molar refractivity (Wildman–Crippen MR) is 122 cm³/mol. The second-order valence-corrected chi connectivity index (χ2v) is 7.40. The SMILES string of the molecule is Cc1c(C#CCCNC(=O)OCC2c3ccccc3-c3ccccc32)cnc(N)c1N. The molecule has 31 heavy (non-hydrogen) atoms. The number of ether oxygens (including phenoxy) is 1. The van der Waals surface area contributed by atoms with Crippen molar-refractivity contribution >= 4 is 17.6 Å². The van der Waals surface area contributed by atoms with Gasteiger partial charge in [-0.05, 0) is 34.7 Å². The van der Waals surface area contributed by atoms with E-state index in [1.54, 1.807) is 6.20 Å². The van der Waals surface area contributed by atoms with E-state index >= 15 is 0 Å². The lowest BCUT2D eigenvalue weighted by Crippen LogP contribution is -2.26. The van der Waals surface area contributed by atoms with Gasteiger partial charge in [0.15, 0.2) is 0 Å². The topological polar surface area (TPSA) is 103 Å². The molecular formula is C25H24N4O2. The van der Waals surface area contributed by atoms with Crippen molar-refractivity contribution in [1.29, 1.82) is 0 Å². The average Bonchev–Trinajstić information content (AvgIpc) is 3.11. The third-order valence-electron chi connectivity index (χ3n) is 5.50. The van der Waals surface area contributed by atoms with Gasteiger partial charge in [0, 0.05) is 30.6 Å². The monoisotopic (exact) mass is 412 g/mol. The molecule has 6 heteroatoms. The van der Waals surface area contributed by atoms with Crippen LogP contribution in [-0.4, -0.2) is 24.2 Å². The van der Waals surface area contributed by atoms with Crippen LogP contribution in [0.5, 0.6) is 0 Å². The Morgan fingerprint density at radius 1 is 1.10 bits per heavy atom. The van der Waals surface area contributed by atoms with Crippen molar-refractivity contribution in [2.45, 2.75) is 19.3 Å². The van der Waals surface area contributed by atoms with Crippen LogP contribution in [0, 0.1) is 18.8 Å². The third-order valence-corrected chi connectivity index (χ3v) is 5.50. The van der Waals surface area contributed by atoms with Crippen LogP contribution in [0.2, 0.25) is 0 Å². The molecule has 0 saturated carbocycles. The number of nitrogens with zero attached hydrogens (tertiary/aromatic N) is 1. The van der Waals surface area contributed by atoms with E-state index in [0.717, 1.165) is 11.1 Å². The number of nitrogen functional groups attached to an aromatic ring is 2. The zero-order valence-electron chi connectivity index (χ0n) is 17.3. The molecule has 0 bridgehead atoms. The number of hydrogen-bond donors (Lipinski definition) is 3. The van der Waals surface area contributed by atoms with Gasteiger partial charge in [-0.15, -0.1) is 0 Å². The van der Waals surface area contributed by atoms with Crippen LogP contribution in [0.4, 0.5) is 16.3 Å². The van der Waals surface area contributed by atoms with E-state index in [9.17, 15) is 4.79 Å². The second-order valence-electron chi connectivity index (χ2n) is 7.40. The largest absolute Gasteiger partial charge is 0.449 e. The van der Waals surface area contributed by atoms with E-state index in [1.165, 1.54) is 22.3 Å². The molecule has 1 aliphatic carbocycles. The summed E-state index contributed by atoms with van der Waals surface area (Å²) in [6.07, 6.45) is 1.64. The lowest BCUT2D eigenvalue weighted by atomic mass is 9.98. The Hall–Kier alpha value is -3.98. The molecule has 3 aromatic rings. The number of benzene rings is 2. The number of nitrogens with two attached hydrogens (primary N) is 2. The van der Waals surface area contributed by atoms with Crippen LogP contribution in [0.25, 0.3) is 11.1 Å². The lowest BCUT2D eigenvalue weighted by Gasteiger charge is -2.14. The van der Waals surface area contributed by atoms with Crippen LogP contribution in [0.15, 0.2) is 54.7 Å². The first-order valence-electron chi connectivity index (χ1n) is 10.1. The van der Waals surface area contributed by atoms with E-state index in [-0.39, 0.29) is 5.92 Å². The van der Waals surface area contributed by atoms with Crippen molar-refractivity contribution in [1.82, 2.24) is 10.3 Å². The molecule has 0 fully saturated rings. The number of rotatable bonds is 4. The normalized spacial score (nSPS) is 11.8. The molecule has 156 valence electrons. The molecule has 0 aliphatic heterocycles. The molecule has 1 aromatic heterocycles. The Kier molecular flexibility index (Phi) is 5.76. The first kappa shape index (κ1) is 20.3. The summed E-state index contributed by atoms with van der Waals surface area (Å²) in [5.74, 6) is 6.38. The fourth-order valence-electron chi connectivity index (χ4n) is 3.80. The summed E-state index contributed by atoms with van der Waals surface area (Å²) in [7, 11) is 0. The number of alkyl carbamates (subject to hydrolysis) is 1. The molecule has 2 aromatic carbocycles. The summed E-state index contributed by atoms with van der Waals surface area (Å²) in [5.41, 5.74) is 18.3. The number of fused-ring (bicyclic) bond motifs is 3. The lowest BCUT2D eigenvalue weighted by molar-refractivity contribution is 0.143. The highest BCUT2D eigenvalue weighted by Crippen LogP contribution is 2.44. The van der Waals surface area contributed by atoms with Gasteiger partial charge in [-0.25, -0.2) is 9.78 Å². The van der Waals surface area contributed by atoms with Crippen molar-refractivity contribution in [2.75, 3.05) is 24.6 Å². The van der Waals surface area contributed by atoms with Gasteiger partial charge in [-0.1, -0.05) is 60.4 Å². The van der Waals surface area contributed by atoms with Crippen molar-refractivity contribution in [3.63, 3.8) is 0 Å². The predicted octanol–water partition coefficient (Wildman–Crippen LogP) is 3.83. The molecule has 0 spiro atoms. The number of amides is 1. The Morgan fingerprint density at radius 2 is 1.74 bits per heavy atom. The van der Waals surface area contributed by atoms with E-state index < -0.39 is 6.09 Å². The molecule has 6 nitrogen and oxygen atoms in total. The standard InChI is InChI=1S/C25H24N4O2/c1-16-17(14-29-24(27)23(16)26)8-6-7-13-28-25(30)31-15-22-20-11-4-2-9-18(20)19-10-3-5-12-21(19)22/h2-5,9-12,14,22H,7,13,15,26H2,1H3,(H2,27,29)(H,28,30). The molecule has 0 atom stereocenters. The van der Waals surface area contributed by atoms with Gasteiger partial charge in [-0.3, -0.25) is 0 Å². The maximum Gasteiger partial charge on any atom is 0.407 e. The molecular weight excluding hydrogens is 388 g/mol. The number of hydrogen-bond acceptors (Lipinski definition) is 5. The highest BCUT2D eigenvalue weighted by molar-refractivity contribution is 5.79. The van der Waals surface area contributed by atoms with Gasteiger partial charge < -0.3 is 21.5 Å². The number of aromatic nitrogens is 1. The van der Waals surface area contributed by atoms with Crippen LogP contribution >= 0.6 is 0 Å². The minimum Gasteiger partial charge on any atom is -0.449 e. The molecule has 1 aliphatic rings. The fraction of sp³-hybridized carbons (Fsp3) is 0.200. The van der Waals surface area contributed by atoms with Gasteiger partial charge in [0.05, 0.1) is 5.69 Å². The smallest absolute Gasteiger partial charge is 0.407 e. The highest BCUT2D eigenvalue weighted by atomic mass is 16.5. The number of anilines is 2. The van der Waals surface area contributed by atoms with E-state index in [1.807, 2.05) is 31.2 Å². The molecule has 1 amide bonds. The zero-order chi connectivity index (χ0) is 21.8. The molecule has 5 N–H and O–H groups in total. The Bertz CT molecular complexity index is 1150. The van der Waals surface area contributed by atoms with Crippen molar-refractivity contribution in [3.05, 3.63) is 77.0 Å². The Morgan fingerprint density at radius 3 is 2.42 bits per heavy atom. The van der Waals surface area contributed by atoms with Crippen molar-refractivity contribution in [3.8, 4) is 23.0 Å². The summed E-state index contributed by atoms with van der Waals surface area (Å²) in [6.45, 7) is 2.54. The minimum absolute atomic E-state index is 0.0457. The molecule has 4 rings (SSSR count). The van der Waals surface area contributed by atoms with Crippen LogP contribution in [-0.2, 0) is 4.74 Å². The first-order valence-corrected chi connectivity index (χ1v) is 10.1. The van der Waals surface area contributed by atoms with Crippen LogP contribution in [0.1, 0.15) is 34.6 Å². The van der Waals surface area contributed by atoms with Crippen LogP contribution < -0.4 is 16.8 Å². The summed E-state index contributed by atoms with van der Waals surface area (Å²) >= 11 is 0. The second kappa shape index (κ2) is 8.80. The summed E-state index contributed by atoms with van der Waals surface area (Å²) in [6, 6.07) is 16.5. The molecule has 0 radical (unpaired) electrons. The average molecular weight is 412 g/mol. The zero-order valence-corrected chi connectivity index (χ0v) is 17.3. The third kappa shape index (κ3) is 4.17. The number of carbonyl (C=O) groups excluding carboxylic acids is 1. The van der Waals surface area contributed by atoms with E-state index in [4.69, 9.17) is 16.2 Å². The van der Waals surface area contributed by atoms with Crippen molar-refractivity contribution < 1.29 is 9.53 Å².